The Bertz CT molecular complexity index is 497. The summed E-state index contributed by atoms with van der Waals surface area (Å²) in [5.41, 5.74) is 0.226. The zero-order valence-corrected chi connectivity index (χ0v) is 10.5. The van der Waals surface area contributed by atoms with Gasteiger partial charge >= 0.3 is 0 Å². The van der Waals surface area contributed by atoms with Crippen molar-refractivity contribution < 1.29 is 14.8 Å². The molecule has 1 aromatic carbocycles. The molecule has 0 radical (unpaired) electrons. The van der Waals surface area contributed by atoms with E-state index in [0.29, 0.717) is 13.0 Å². The molecule has 1 fully saturated rings. The quantitative estimate of drug-likeness (QED) is 0.601. The largest absolute Gasteiger partial charge is 0.396 e. The molecule has 2 rings (SSSR count). The van der Waals surface area contributed by atoms with E-state index in [9.17, 15) is 14.9 Å². The first-order chi connectivity index (χ1) is 9.06. The van der Waals surface area contributed by atoms with Crippen LogP contribution in [-0.4, -0.2) is 29.1 Å². The zero-order valence-electron chi connectivity index (χ0n) is 10.5. The maximum absolute atomic E-state index is 11.9. The van der Waals surface area contributed by atoms with Crippen molar-refractivity contribution in [1.29, 1.82) is 0 Å². The molecule has 0 atom stereocenters. The van der Waals surface area contributed by atoms with Gasteiger partial charge in [-0.05, 0) is 30.7 Å². The number of non-ortho nitro benzene ring substituents is 1. The standard InChI is InChI=1S/C13H16N2O4/c16-7-6-13(4-5-13)9-14-12(17)10-2-1-3-11(8-10)15(18)19/h1-3,8,16H,4-7,9H2,(H,14,17). The third kappa shape index (κ3) is 3.29. The average Bonchev–Trinajstić information content (AvgIpc) is 3.17. The topological polar surface area (TPSA) is 92.5 Å². The highest BCUT2D eigenvalue weighted by Gasteiger charge is 2.41. The van der Waals surface area contributed by atoms with E-state index in [0.717, 1.165) is 12.8 Å². The maximum atomic E-state index is 11.9. The lowest BCUT2D eigenvalue weighted by molar-refractivity contribution is -0.384. The van der Waals surface area contributed by atoms with Crippen LogP contribution in [0.1, 0.15) is 29.6 Å². The number of nitro benzene ring substituents is 1. The summed E-state index contributed by atoms with van der Waals surface area (Å²) in [4.78, 5) is 22.0. The highest BCUT2D eigenvalue weighted by molar-refractivity contribution is 5.94. The van der Waals surface area contributed by atoms with Crippen molar-refractivity contribution in [3.05, 3.63) is 39.9 Å². The van der Waals surface area contributed by atoms with Crippen molar-refractivity contribution in [2.45, 2.75) is 19.3 Å². The molecule has 0 aromatic heterocycles. The van der Waals surface area contributed by atoms with Crippen LogP contribution in [-0.2, 0) is 0 Å². The van der Waals surface area contributed by atoms with Gasteiger partial charge in [0, 0.05) is 30.8 Å². The van der Waals surface area contributed by atoms with E-state index in [4.69, 9.17) is 5.11 Å². The van der Waals surface area contributed by atoms with E-state index in [1.165, 1.54) is 18.2 Å². The van der Waals surface area contributed by atoms with Crippen molar-refractivity contribution in [2.24, 2.45) is 5.41 Å². The molecule has 0 spiro atoms. The van der Waals surface area contributed by atoms with E-state index >= 15 is 0 Å². The molecule has 6 heteroatoms. The molecule has 1 amide bonds. The van der Waals surface area contributed by atoms with Crippen molar-refractivity contribution >= 4 is 11.6 Å². The van der Waals surface area contributed by atoms with Crippen molar-refractivity contribution in [3.63, 3.8) is 0 Å². The smallest absolute Gasteiger partial charge is 0.270 e. The van der Waals surface area contributed by atoms with Gasteiger partial charge in [-0.25, -0.2) is 0 Å². The molecular formula is C13H16N2O4. The van der Waals surface area contributed by atoms with Gasteiger partial charge in [-0.15, -0.1) is 0 Å². The third-order valence-electron chi connectivity index (χ3n) is 3.54. The number of benzene rings is 1. The molecular weight excluding hydrogens is 248 g/mol. The molecule has 102 valence electrons. The number of amides is 1. The van der Waals surface area contributed by atoms with E-state index < -0.39 is 4.92 Å². The van der Waals surface area contributed by atoms with Gasteiger partial charge in [0.25, 0.3) is 11.6 Å². The number of carbonyl (C=O) groups excluding carboxylic acids is 1. The van der Waals surface area contributed by atoms with Gasteiger partial charge in [0.05, 0.1) is 4.92 Å². The van der Waals surface area contributed by atoms with Gasteiger partial charge < -0.3 is 10.4 Å². The van der Waals surface area contributed by atoms with Crippen LogP contribution in [0.15, 0.2) is 24.3 Å². The fraction of sp³-hybridized carbons (Fsp3) is 0.462. The van der Waals surface area contributed by atoms with Crippen LogP contribution in [0.2, 0.25) is 0 Å². The normalized spacial score (nSPS) is 15.8. The monoisotopic (exact) mass is 264 g/mol. The van der Waals surface area contributed by atoms with Gasteiger partial charge in [-0.3, -0.25) is 14.9 Å². The lowest BCUT2D eigenvalue weighted by atomic mass is 10.0. The Hall–Kier alpha value is -1.95. The predicted molar refractivity (Wildman–Crippen MR) is 68.8 cm³/mol. The summed E-state index contributed by atoms with van der Waals surface area (Å²) in [7, 11) is 0. The molecule has 0 bridgehead atoms. The van der Waals surface area contributed by atoms with Crippen LogP contribution in [0.4, 0.5) is 5.69 Å². The first-order valence-electron chi connectivity index (χ1n) is 6.20. The van der Waals surface area contributed by atoms with E-state index in [1.54, 1.807) is 6.07 Å². The maximum Gasteiger partial charge on any atom is 0.270 e. The summed E-state index contributed by atoms with van der Waals surface area (Å²) in [6, 6.07) is 5.66. The van der Waals surface area contributed by atoms with Gasteiger partial charge in [-0.2, -0.15) is 0 Å². The van der Waals surface area contributed by atoms with Crippen LogP contribution in [0.5, 0.6) is 0 Å². The number of nitro groups is 1. The Morgan fingerprint density at radius 2 is 2.21 bits per heavy atom. The SMILES string of the molecule is O=C(NCC1(CCO)CC1)c1cccc([N+](=O)[O-])c1. The van der Waals surface area contributed by atoms with E-state index in [2.05, 4.69) is 5.32 Å². The van der Waals surface area contributed by atoms with Crippen LogP contribution in [0.3, 0.4) is 0 Å². The molecule has 1 aliphatic carbocycles. The molecule has 0 aliphatic heterocycles. The van der Waals surface area contributed by atoms with Gasteiger partial charge in [0.1, 0.15) is 0 Å². The number of aliphatic hydroxyl groups is 1. The third-order valence-corrected chi connectivity index (χ3v) is 3.54. The fourth-order valence-electron chi connectivity index (χ4n) is 2.06. The molecule has 1 aromatic rings. The number of hydrogen-bond acceptors (Lipinski definition) is 4. The predicted octanol–water partition coefficient (Wildman–Crippen LogP) is 1.49. The van der Waals surface area contributed by atoms with Crippen LogP contribution in [0, 0.1) is 15.5 Å². The zero-order chi connectivity index (χ0) is 13.9. The molecule has 0 heterocycles. The second-order valence-corrected chi connectivity index (χ2v) is 4.96. The Balaban J connectivity index is 1.96. The summed E-state index contributed by atoms with van der Waals surface area (Å²) in [6.07, 6.45) is 2.69. The molecule has 2 N–H and O–H groups in total. The summed E-state index contributed by atoms with van der Waals surface area (Å²) in [5.74, 6) is -0.312. The lowest BCUT2D eigenvalue weighted by Gasteiger charge is -2.14. The van der Waals surface area contributed by atoms with Crippen LogP contribution in [0.25, 0.3) is 0 Å². The van der Waals surface area contributed by atoms with Crippen LogP contribution < -0.4 is 5.32 Å². The lowest BCUT2D eigenvalue weighted by Crippen LogP contribution is -2.30. The Morgan fingerprint density at radius 1 is 1.47 bits per heavy atom. The number of nitrogens with one attached hydrogen (secondary N) is 1. The van der Waals surface area contributed by atoms with Gasteiger partial charge in [0.2, 0.25) is 0 Å². The summed E-state index contributed by atoms with van der Waals surface area (Å²) in [5, 5.41) is 22.3. The second-order valence-electron chi connectivity index (χ2n) is 4.96. The number of nitrogens with zero attached hydrogens (tertiary/aromatic N) is 1. The van der Waals surface area contributed by atoms with Crippen molar-refractivity contribution in [2.75, 3.05) is 13.2 Å². The molecule has 6 nitrogen and oxygen atoms in total. The second kappa shape index (κ2) is 5.36. The first-order valence-corrected chi connectivity index (χ1v) is 6.20. The number of carbonyl (C=O) groups is 1. The average molecular weight is 264 g/mol. The summed E-state index contributed by atoms with van der Waals surface area (Å²) in [6.45, 7) is 0.627. The number of aliphatic hydroxyl groups excluding tert-OH is 1. The number of rotatable bonds is 6. The Kier molecular flexibility index (Phi) is 3.80. The summed E-state index contributed by atoms with van der Waals surface area (Å²) >= 11 is 0. The molecule has 0 saturated heterocycles. The molecule has 1 saturated carbocycles. The first kappa shape index (κ1) is 13.5. The number of hydrogen-bond donors (Lipinski definition) is 2. The Morgan fingerprint density at radius 3 is 2.79 bits per heavy atom. The van der Waals surface area contributed by atoms with Crippen LogP contribution >= 0.6 is 0 Å². The van der Waals surface area contributed by atoms with Crippen molar-refractivity contribution in [1.82, 2.24) is 5.32 Å². The minimum Gasteiger partial charge on any atom is -0.396 e. The van der Waals surface area contributed by atoms with Crippen molar-refractivity contribution in [3.8, 4) is 0 Å². The van der Waals surface area contributed by atoms with Gasteiger partial charge in [0.15, 0.2) is 0 Å². The molecule has 19 heavy (non-hydrogen) atoms. The minimum absolute atomic E-state index is 0.0329. The fourth-order valence-corrected chi connectivity index (χ4v) is 2.06. The summed E-state index contributed by atoms with van der Waals surface area (Å²) < 4.78 is 0. The van der Waals surface area contributed by atoms with E-state index in [1.807, 2.05) is 0 Å². The molecule has 1 aliphatic rings. The Labute approximate surface area is 110 Å². The van der Waals surface area contributed by atoms with Gasteiger partial charge in [-0.1, -0.05) is 6.07 Å². The highest BCUT2D eigenvalue weighted by atomic mass is 16.6. The van der Waals surface area contributed by atoms with E-state index in [-0.39, 0.29) is 29.2 Å². The highest BCUT2D eigenvalue weighted by Crippen LogP contribution is 2.47. The molecule has 0 unspecified atom stereocenters. The minimum atomic E-state index is -0.523.